The van der Waals surface area contributed by atoms with Crippen LogP contribution < -0.4 is 9.80 Å². The molecule has 2 heterocycles. The number of benzene rings is 1. The number of rotatable bonds is 4. The number of nitrogens with zero attached hydrogens (tertiary/aromatic N) is 3. The summed E-state index contributed by atoms with van der Waals surface area (Å²) in [6.45, 7) is 6.29. The molecule has 1 aromatic carbocycles. The van der Waals surface area contributed by atoms with Gasteiger partial charge in [-0.1, -0.05) is 29.0 Å². The van der Waals surface area contributed by atoms with Crippen molar-refractivity contribution in [1.29, 1.82) is 0 Å². The van der Waals surface area contributed by atoms with Crippen molar-refractivity contribution < 1.29 is 19.4 Å². The minimum Gasteiger partial charge on any atom is -0.477 e. The first kappa shape index (κ1) is 18.3. The molecular weight excluding hydrogens is 354 g/mol. The van der Waals surface area contributed by atoms with Crippen molar-refractivity contribution in [3.05, 3.63) is 39.8 Å². The molecule has 0 aliphatic carbocycles. The van der Waals surface area contributed by atoms with Crippen LogP contribution in [-0.2, 0) is 4.74 Å². The van der Waals surface area contributed by atoms with Gasteiger partial charge >= 0.3 is 5.97 Å². The molecule has 0 spiro atoms. The molecule has 8 heteroatoms. The maximum Gasteiger partial charge on any atom is 0.349 e. The van der Waals surface area contributed by atoms with Crippen LogP contribution in [0.4, 0.5) is 10.9 Å². The van der Waals surface area contributed by atoms with Gasteiger partial charge in [-0.3, -0.25) is 9.69 Å². The number of morpholine rings is 1. The van der Waals surface area contributed by atoms with Crippen molar-refractivity contribution in [2.45, 2.75) is 13.8 Å². The number of hydrogen-bond donors (Lipinski definition) is 1. The zero-order valence-electron chi connectivity index (χ0n) is 15.0. The quantitative estimate of drug-likeness (QED) is 0.884. The fourth-order valence-corrected chi connectivity index (χ4v) is 3.88. The lowest BCUT2D eigenvalue weighted by atomic mass is 10.0. The third kappa shape index (κ3) is 3.56. The van der Waals surface area contributed by atoms with Gasteiger partial charge in [0.2, 0.25) is 0 Å². The normalized spacial score (nSPS) is 14.3. The van der Waals surface area contributed by atoms with E-state index in [2.05, 4.69) is 4.98 Å². The van der Waals surface area contributed by atoms with Crippen molar-refractivity contribution in [3.63, 3.8) is 0 Å². The lowest BCUT2D eigenvalue weighted by molar-refractivity contribution is 0.0702. The summed E-state index contributed by atoms with van der Waals surface area (Å²) in [4.78, 5) is 32.4. The average molecular weight is 375 g/mol. The fourth-order valence-electron chi connectivity index (χ4n) is 2.89. The van der Waals surface area contributed by atoms with Gasteiger partial charge in [-0.15, -0.1) is 0 Å². The molecule has 1 N–H and O–H groups in total. The van der Waals surface area contributed by atoms with E-state index in [-0.39, 0.29) is 16.6 Å². The number of anilines is 2. The number of carboxylic acid groups (broad SMARTS) is 1. The third-order valence-corrected chi connectivity index (χ3v) is 5.40. The molecule has 7 nitrogen and oxygen atoms in total. The largest absolute Gasteiger partial charge is 0.477 e. The van der Waals surface area contributed by atoms with Gasteiger partial charge in [-0.05, 0) is 25.5 Å². The van der Waals surface area contributed by atoms with E-state index in [0.717, 1.165) is 22.5 Å². The standard InChI is InChI=1S/C18H21N3O4S/c1-11-4-5-13(12(2)10-11)16(22)20(3)15-14(17(23)24)26-18(19-15)21-6-8-25-9-7-21/h4-5,10H,6-9H2,1-3H3,(H,23,24). The number of aromatic nitrogens is 1. The SMILES string of the molecule is Cc1ccc(C(=O)N(C)c2nc(N3CCOCC3)sc2C(=O)O)c(C)c1. The average Bonchev–Trinajstić information content (AvgIpc) is 3.07. The van der Waals surface area contributed by atoms with Crippen LogP contribution in [0, 0.1) is 13.8 Å². The number of aryl methyl sites for hydroxylation is 2. The van der Waals surface area contributed by atoms with Crippen LogP contribution in [0.5, 0.6) is 0 Å². The zero-order chi connectivity index (χ0) is 18.8. The molecule has 0 bridgehead atoms. The molecule has 1 saturated heterocycles. The molecule has 1 aliphatic rings. The number of aromatic carboxylic acids is 1. The highest BCUT2D eigenvalue weighted by atomic mass is 32.1. The van der Waals surface area contributed by atoms with Crippen LogP contribution >= 0.6 is 11.3 Å². The van der Waals surface area contributed by atoms with Gasteiger partial charge in [-0.2, -0.15) is 0 Å². The van der Waals surface area contributed by atoms with Gasteiger partial charge in [0, 0.05) is 25.7 Å². The van der Waals surface area contributed by atoms with Crippen molar-refractivity contribution >= 4 is 34.2 Å². The van der Waals surface area contributed by atoms with Crippen LogP contribution in [0.25, 0.3) is 0 Å². The Hall–Kier alpha value is -2.45. The van der Waals surface area contributed by atoms with E-state index >= 15 is 0 Å². The summed E-state index contributed by atoms with van der Waals surface area (Å²) in [5.74, 6) is -1.19. The minimum absolute atomic E-state index is 0.0621. The van der Waals surface area contributed by atoms with Crippen LogP contribution in [0.2, 0.25) is 0 Å². The zero-order valence-corrected chi connectivity index (χ0v) is 15.8. The van der Waals surface area contributed by atoms with Gasteiger partial charge in [0.1, 0.15) is 0 Å². The number of carbonyl (C=O) groups excluding carboxylic acids is 1. The first-order valence-electron chi connectivity index (χ1n) is 8.30. The number of thiazole rings is 1. The van der Waals surface area contributed by atoms with E-state index in [1.807, 2.05) is 30.9 Å². The maximum absolute atomic E-state index is 12.9. The number of hydrogen-bond acceptors (Lipinski definition) is 6. The van der Waals surface area contributed by atoms with Crippen molar-refractivity contribution in [1.82, 2.24) is 4.98 Å². The highest BCUT2D eigenvalue weighted by Crippen LogP contribution is 2.33. The number of carbonyl (C=O) groups is 2. The molecule has 0 unspecified atom stereocenters. The molecule has 2 aromatic rings. The molecule has 0 saturated carbocycles. The van der Waals surface area contributed by atoms with Crippen molar-refractivity contribution in [2.75, 3.05) is 43.2 Å². The number of ether oxygens (including phenoxy) is 1. The Morgan fingerprint density at radius 2 is 1.96 bits per heavy atom. The van der Waals surface area contributed by atoms with E-state index in [9.17, 15) is 14.7 Å². The van der Waals surface area contributed by atoms with Gasteiger partial charge in [0.15, 0.2) is 15.8 Å². The topological polar surface area (TPSA) is 83.0 Å². The van der Waals surface area contributed by atoms with Crippen LogP contribution in [0.1, 0.15) is 31.2 Å². The summed E-state index contributed by atoms with van der Waals surface area (Å²) < 4.78 is 5.33. The Morgan fingerprint density at radius 1 is 1.27 bits per heavy atom. The van der Waals surface area contributed by atoms with Crippen molar-refractivity contribution in [2.24, 2.45) is 0 Å². The summed E-state index contributed by atoms with van der Waals surface area (Å²) in [7, 11) is 1.56. The predicted octanol–water partition coefficient (Wildman–Crippen LogP) is 2.57. The smallest absolute Gasteiger partial charge is 0.349 e. The Labute approximate surface area is 155 Å². The molecule has 1 aromatic heterocycles. The number of amides is 1. The van der Waals surface area contributed by atoms with E-state index in [1.54, 1.807) is 13.1 Å². The fraction of sp³-hybridized carbons (Fsp3) is 0.389. The second-order valence-corrected chi connectivity index (χ2v) is 7.21. The van der Waals surface area contributed by atoms with E-state index in [4.69, 9.17) is 4.74 Å². The molecule has 1 aliphatic heterocycles. The van der Waals surface area contributed by atoms with E-state index < -0.39 is 5.97 Å². The Balaban J connectivity index is 1.94. The molecule has 0 radical (unpaired) electrons. The molecule has 1 amide bonds. The first-order chi connectivity index (χ1) is 12.4. The Bertz CT molecular complexity index is 843. The third-order valence-electron chi connectivity index (χ3n) is 4.31. The molecule has 26 heavy (non-hydrogen) atoms. The summed E-state index contributed by atoms with van der Waals surface area (Å²) in [6.07, 6.45) is 0. The molecule has 3 rings (SSSR count). The Kier molecular flexibility index (Phi) is 5.24. The Morgan fingerprint density at radius 3 is 2.58 bits per heavy atom. The van der Waals surface area contributed by atoms with Crippen LogP contribution in [-0.4, -0.2) is 55.3 Å². The first-order valence-corrected chi connectivity index (χ1v) is 9.12. The minimum atomic E-state index is -1.09. The van der Waals surface area contributed by atoms with Crippen LogP contribution in [0.3, 0.4) is 0 Å². The monoisotopic (exact) mass is 375 g/mol. The van der Waals surface area contributed by atoms with Crippen molar-refractivity contribution in [3.8, 4) is 0 Å². The summed E-state index contributed by atoms with van der Waals surface area (Å²) >= 11 is 1.09. The number of carboxylic acids is 1. The van der Waals surface area contributed by atoms with E-state index in [1.165, 1.54) is 4.90 Å². The highest BCUT2D eigenvalue weighted by Gasteiger charge is 2.27. The highest BCUT2D eigenvalue weighted by molar-refractivity contribution is 7.18. The second kappa shape index (κ2) is 7.43. The van der Waals surface area contributed by atoms with Gasteiger partial charge in [-0.25, -0.2) is 9.78 Å². The van der Waals surface area contributed by atoms with Gasteiger partial charge < -0.3 is 14.7 Å². The summed E-state index contributed by atoms with van der Waals surface area (Å²) in [5, 5.41) is 10.2. The summed E-state index contributed by atoms with van der Waals surface area (Å²) in [6, 6.07) is 5.56. The summed E-state index contributed by atoms with van der Waals surface area (Å²) in [5.41, 5.74) is 2.45. The van der Waals surface area contributed by atoms with Gasteiger partial charge in [0.25, 0.3) is 5.91 Å². The molecule has 138 valence electrons. The molecule has 0 atom stereocenters. The predicted molar refractivity (Wildman–Crippen MR) is 101 cm³/mol. The molecular formula is C18H21N3O4S. The maximum atomic E-state index is 12.9. The van der Waals surface area contributed by atoms with Crippen LogP contribution in [0.15, 0.2) is 18.2 Å². The molecule has 1 fully saturated rings. The lowest BCUT2D eigenvalue weighted by Gasteiger charge is -2.26. The lowest BCUT2D eigenvalue weighted by Crippen LogP contribution is -2.36. The second-order valence-electron chi connectivity index (χ2n) is 6.24. The van der Waals surface area contributed by atoms with Gasteiger partial charge in [0.05, 0.1) is 13.2 Å². The van der Waals surface area contributed by atoms with E-state index in [0.29, 0.717) is 37.0 Å².